The number of anilines is 3. The van der Waals surface area contributed by atoms with Crippen molar-refractivity contribution < 1.29 is 112 Å². The summed E-state index contributed by atoms with van der Waals surface area (Å²) in [6.45, 7) is 16.5. The number of imide groups is 2. The van der Waals surface area contributed by atoms with Gasteiger partial charge in [-0.3, -0.25) is 28.8 Å². The third-order valence-electron chi connectivity index (χ3n) is 27.8. The number of esters is 1. The molecule has 3 saturated heterocycles. The molecule has 5 amide bonds. The molecule has 12 aliphatic rings. The zero-order valence-corrected chi connectivity index (χ0v) is 84.6. The number of nitrogens with zero attached hydrogens (tertiary/aromatic N) is 9. The van der Waals surface area contributed by atoms with Crippen LogP contribution in [0.3, 0.4) is 0 Å². The Morgan fingerprint density at radius 1 is 0.555 bits per heavy atom. The van der Waals surface area contributed by atoms with Gasteiger partial charge in [0.2, 0.25) is 27.6 Å². The molecule has 0 spiro atoms. The molecule has 27 nitrogen and oxygen atoms in total. The number of rotatable bonds is 16. The van der Waals surface area contributed by atoms with E-state index in [0.717, 1.165) is 116 Å². The van der Waals surface area contributed by atoms with E-state index in [1.807, 2.05) is 92.3 Å². The number of benzene rings is 10. The number of piperidine rings is 1. The molecule has 0 atom stereocenters. The Hall–Kier alpha value is -14.9. The molecule has 0 radical (unpaired) electrons. The van der Waals surface area contributed by atoms with E-state index in [1.54, 1.807) is 85.0 Å². The van der Waals surface area contributed by atoms with Crippen molar-refractivity contribution >= 4 is 150 Å². The second kappa shape index (κ2) is 38.9. The molecule has 8 aromatic carbocycles. The first-order valence-corrected chi connectivity index (χ1v) is 49.0. The normalized spacial score (nSPS) is 15.9. The number of aromatic carboxylic acids is 2. The van der Waals surface area contributed by atoms with Gasteiger partial charge in [0.1, 0.15) is 80.3 Å². The third-order valence-corrected chi connectivity index (χ3v) is 29.5. The van der Waals surface area contributed by atoms with Crippen LogP contribution in [0.25, 0.3) is 83.6 Å². The average Bonchev–Trinajstić information content (AvgIpc) is 0.729. The van der Waals surface area contributed by atoms with Gasteiger partial charge < -0.3 is 57.8 Å². The maximum absolute atomic E-state index is 16.5. The van der Waals surface area contributed by atoms with Crippen LogP contribution in [0, 0.1) is 47.7 Å². The van der Waals surface area contributed by atoms with E-state index >= 15 is 13.2 Å². The lowest BCUT2D eigenvalue weighted by atomic mass is 9.78. The number of thioether (sulfide) groups is 1. The summed E-state index contributed by atoms with van der Waals surface area (Å²) in [5.74, 6) is -19.1. The number of carboxylic acid groups (broad SMARTS) is 2. The Bertz CT molecular complexity index is 8030. The van der Waals surface area contributed by atoms with Gasteiger partial charge in [-0.1, -0.05) is 47.5 Å². The molecule has 20 rings (SSSR count). The number of likely N-dealkylation sites (tertiary alicyclic amines) is 1. The molecule has 36 heteroatoms. The van der Waals surface area contributed by atoms with Crippen LogP contribution < -0.4 is 59.2 Å². The summed E-state index contributed by atoms with van der Waals surface area (Å²) in [4.78, 5) is 144. The summed E-state index contributed by atoms with van der Waals surface area (Å²) in [5.41, 5.74) is 11.1. The number of allylic oxidation sites excluding steroid dienone is 2. The lowest BCUT2D eigenvalue weighted by molar-refractivity contribution is -0.195. The van der Waals surface area contributed by atoms with Crippen LogP contribution in [0.5, 0.6) is 17.2 Å². The number of carbonyl (C=O) groups excluding carboxylic acids is 8. The molecule has 10 heterocycles. The van der Waals surface area contributed by atoms with Crippen LogP contribution >= 0.6 is 35.0 Å². The number of halogens is 8. The minimum Gasteiger partial charge on any atom is -0.478 e. The molecule has 0 aromatic heterocycles. The summed E-state index contributed by atoms with van der Waals surface area (Å²) < 4.78 is 121. The Morgan fingerprint density at radius 2 is 1.12 bits per heavy atom. The molecule has 146 heavy (non-hydrogen) atoms. The lowest BCUT2D eigenvalue weighted by Gasteiger charge is -2.47. The molecular weight excluding hydrogens is 1950 g/mol. The fourth-order valence-corrected chi connectivity index (χ4v) is 22.1. The first-order valence-electron chi connectivity index (χ1n) is 47.2. The lowest BCUT2D eigenvalue weighted by Crippen LogP contribution is -2.53. The van der Waals surface area contributed by atoms with E-state index in [0.29, 0.717) is 66.9 Å². The van der Waals surface area contributed by atoms with Crippen molar-refractivity contribution in [3.63, 3.8) is 0 Å². The zero-order valence-electron chi connectivity index (χ0n) is 82.3. The quantitative estimate of drug-likeness (QED) is 0.0133. The first kappa shape index (κ1) is 101. The predicted molar refractivity (Wildman–Crippen MR) is 539 cm³/mol. The number of hydrogen-bond donors (Lipinski definition) is 2. The van der Waals surface area contributed by atoms with Crippen molar-refractivity contribution in [3.05, 3.63) is 261 Å². The van der Waals surface area contributed by atoms with Crippen molar-refractivity contribution in [3.8, 4) is 62.1 Å². The minimum absolute atomic E-state index is 0.0654. The van der Waals surface area contributed by atoms with Gasteiger partial charge in [0.15, 0.2) is 28.8 Å². The topological polar surface area (TPSA) is 303 Å². The predicted octanol–water partition coefficient (Wildman–Crippen LogP) is 17.4. The summed E-state index contributed by atoms with van der Waals surface area (Å²) in [6, 6.07) is 35.3. The highest BCUT2D eigenvalue weighted by atomic mass is 35.5. The molecule has 2 N–H and O–H groups in total. The van der Waals surface area contributed by atoms with Gasteiger partial charge >= 0.3 is 29.8 Å². The zero-order chi connectivity index (χ0) is 105. The van der Waals surface area contributed by atoms with Crippen LogP contribution in [0.2, 0.25) is 10.0 Å². The standard InChI is InChI=1S/C43H39Cl2N3O7.C37H35F3N3O4.C30H24F3N3O7S/c1-20-18-42(3,4)46-13-7-9-22-36(46)24(20)15-26-32(27-16-25-21(2)19-43(5,6)47-14-8-10-23(37(25)47)39(27)54-38(22)26)33-29(44)17-28(35(45)34(33)40(51)52)41(53)55-48-30(49)11-12-31(48)50;1-21-18-29(38)34(40)35(33(21)39)47-37(45)22-14-16-43(17-15-22)36(44)26-9-7-6-8-25(26)32-27-12-10-23(41(2)3)19-30(27)46-31-20-24(42(4)5)11-13-28(31)32;1-34(2)14-5-7-16-18(11-14)42-19-12-15(35(3)4)6-8-17(19)23(16)24-25(30(40)41)26(31)28(33)29(27(24)32)44-13-22(39)43-36-20(37)9-10-21(36)38/h15-19H,7-14H2,1-6H3;6-13,18-20,22H,14-17H2,1-5H3;5-8,11-12H,9-10,13H2,1-4H3/q;+1;/p+2. The number of amides is 5. The average molecular weight is 2050 g/mol. The molecular formula is C110H100Cl2F6N9O18S+3. The summed E-state index contributed by atoms with van der Waals surface area (Å²) in [6.07, 6.45) is 7.76. The molecule has 0 saturated carbocycles. The van der Waals surface area contributed by atoms with E-state index < -0.39 is 132 Å². The molecule has 0 unspecified atom stereocenters. The Labute approximate surface area is 846 Å². The van der Waals surface area contributed by atoms with E-state index in [9.17, 15) is 71.3 Å². The van der Waals surface area contributed by atoms with Crippen molar-refractivity contribution in [2.24, 2.45) is 5.92 Å². The number of ether oxygens (including phenoxy) is 2. The highest BCUT2D eigenvalue weighted by Crippen LogP contribution is 2.55. The van der Waals surface area contributed by atoms with Crippen molar-refractivity contribution in [2.45, 2.75) is 129 Å². The molecule has 3 fully saturated rings. The van der Waals surface area contributed by atoms with Crippen LogP contribution in [0.4, 0.5) is 43.4 Å². The van der Waals surface area contributed by atoms with Gasteiger partial charge in [0.05, 0.1) is 66.7 Å². The Kier molecular flexibility index (Phi) is 27.0. The second-order valence-electron chi connectivity index (χ2n) is 39.0. The largest absolute Gasteiger partial charge is 0.478 e. The number of aryl methyl sites for hydroxylation is 1. The van der Waals surface area contributed by atoms with Gasteiger partial charge in [-0.25, -0.2) is 54.9 Å². The molecule has 10 aliphatic heterocycles. The highest BCUT2D eigenvalue weighted by Gasteiger charge is 2.46. The minimum atomic E-state index is -1.92. The summed E-state index contributed by atoms with van der Waals surface area (Å²) in [7, 11) is 15.0. The van der Waals surface area contributed by atoms with Crippen molar-refractivity contribution in [1.82, 2.24) is 28.8 Å². The SMILES string of the molecule is CC1=CC(C)(C)N2CCCc3c4c(cc1c32)C(c1c(Cl)cc(C(=O)ON2C(=O)CCC2=O)c(Cl)c1C(=O)O)=c1cc2c3c(c1O4)CCC[N+]=3C(C)(C)C=C2C.CN(C)c1ccc2c(-c3c(F)c(SCC(=O)ON4C(=O)CCC4=O)c(F)c(F)c3C(=O)O)c3ccc(=[N+](C)C)cc-3oc2c1.Cc1cc(F)c(F)c(OC(=O)C2CCN(C(=O)c3ccccc3-c3c4ccc(=[N+](C)C)cc-4oc4cc(N(C)C)ccc34)CC2)c1F. The molecule has 2 aliphatic carbocycles. The second-order valence-corrected chi connectivity index (χ2v) is 40.8. The van der Waals surface area contributed by atoms with Gasteiger partial charge in [-0.2, -0.15) is 4.39 Å². The van der Waals surface area contributed by atoms with Crippen LogP contribution in [0.1, 0.15) is 173 Å². The summed E-state index contributed by atoms with van der Waals surface area (Å²) >= 11 is 14.3. The van der Waals surface area contributed by atoms with Gasteiger partial charge in [-0.05, 0) is 162 Å². The first-order chi connectivity index (χ1) is 69.2. The molecule has 8 aromatic rings. The maximum Gasteiger partial charge on any atom is 0.365 e. The molecule has 0 bridgehead atoms. The van der Waals surface area contributed by atoms with Crippen molar-refractivity contribution in [2.75, 3.05) is 103 Å². The highest BCUT2D eigenvalue weighted by molar-refractivity contribution is 8.00. The van der Waals surface area contributed by atoms with E-state index in [-0.39, 0.29) is 135 Å². The van der Waals surface area contributed by atoms with E-state index in [2.05, 4.69) is 75.3 Å². The number of carboxylic acids is 2. The third kappa shape index (κ3) is 18.0. The Morgan fingerprint density at radius 3 is 1.71 bits per heavy atom. The van der Waals surface area contributed by atoms with Crippen LogP contribution in [-0.2, 0) is 51.3 Å². The number of fused-ring (bicyclic) bond motifs is 8. The monoisotopic (exact) mass is 2050 g/mol. The van der Waals surface area contributed by atoms with Gasteiger partial charge in [0.25, 0.3) is 29.5 Å². The fourth-order valence-electron chi connectivity index (χ4n) is 20.7. The fraction of sp³-hybridized carbons (Fsp3) is 0.300. The summed E-state index contributed by atoms with van der Waals surface area (Å²) in [5, 5.41) is 25.7. The van der Waals surface area contributed by atoms with E-state index in [1.165, 1.54) is 13.0 Å². The van der Waals surface area contributed by atoms with Crippen LogP contribution in [-0.4, -0.2) is 184 Å². The number of carbonyl (C=O) groups is 10. The Balaban J connectivity index is 0.000000145. The maximum atomic E-state index is 16.5. The number of hydroxylamine groups is 4. The van der Waals surface area contributed by atoms with Crippen LogP contribution in [0.15, 0.2) is 147 Å². The van der Waals surface area contributed by atoms with E-state index in [4.69, 9.17) is 51.2 Å². The number of hydrogen-bond acceptors (Lipinski definition) is 20. The smallest absolute Gasteiger partial charge is 0.365 e. The van der Waals surface area contributed by atoms with Gasteiger partial charge in [-0.15, -0.1) is 21.9 Å². The molecule has 752 valence electrons. The van der Waals surface area contributed by atoms with Crippen molar-refractivity contribution in [1.29, 1.82) is 0 Å². The van der Waals surface area contributed by atoms with Gasteiger partial charge in [0, 0.05) is 212 Å².